The van der Waals surface area contributed by atoms with Crippen LogP contribution in [0.1, 0.15) is 5.56 Å². The van der Waals surface area contributed by atoms with Crippen molar-refractivity contribution in [2.24, 2.45) is 0 Å². The highest BCUT2D eigenvalue weighted by Crippen LogP contribution is 2.31. The van der Waals surface area contributed by atoms with E-state index in [1.165, 1.54) is 12.1 Å². The fraction of sp³-hybridized carbons (Fsp3) is 0.400. The molecule has 1 rings (SSSR count). The van der Waals surface area contributed by atoms with Crippen molar-refractivity contribution in [3.63, 3.8) is 0 Å². The van der Waals surface area contributed by atoms with Gasteiger partial charge < -0.3 is 5.32 Å². The molecule has 18 heavy (non-hydrogen) atoms. The highest BCUT2D eigenvalue weighted by Gasteiger charge is 2.30. The number of anilines is 1. The van der Waals surface area contributed by atoms with Gasteiger partial charge in [0, 0.05) is 18.0 Å². The van der Waals surface area contributed by atoms with Crippen molar-refractivity contribution in [2.45, 2.75) is 11.7 Å². The first-order valence-corrected chi connectivity index (χ1v) is 5.79. The van der Waals surface area contributed by atoms with Crippen LogP contribution in [-0.4, -0.2) is 17.8 Å². The van der Waals surface area contributed by atoms with Crippen molar-refractivity contribution >= 4 is 17.4 Å². The Bertz CT molecular complexity index is 387. The van der Waals surface area contributed by atoms with Crippen LogP contribution >= 0.6 is 11.8 Å². The van der Waals surface area contributed by atoms with Crippen LogP contribution in [0.2, 0.25) is 0 Å². The van der Waals surface area contributed by atoms with Crippen molar-refractivity contribution in [3.8, 4) is 0 Å². The molecule has 0 saturated heterocycles. The summed E-state index contributed by atoms with van der Waals surface area (Å²) in [5.74, 6) is -0.264. The SMILES string of the molecule is FC(F)(F)SCCNc1cccc(C(F)(F)F)c1. The lowest BCUT2D eigenvalue weighted by molar-refractivity contribution is -0.137. The van der Waals surface area contributed by atoms with E-state index in [4.69, 9.17) is 0 Å². The smallest absolute Gasteiger partial charge is 0.384 e. The molecule has 0 spiro atoms. The summed E-state index contributed by atoms with van der Waals surface area (Å²) >= 11 is -0.222. The highest BCUT2D eigenvalue weighted by molar-refractivity contribution is 8.00. The van der Waals surface area contributed by atoms with Crippen molar-refractivity contribution < 1.29 is 26.3 Å². The molecule has 8 heteroatoms. The molecule has 0 unspecified atom stereocenters. The zero-order chi connectivity index (χ0) is 13.8. The summed E-state index contributed by atoms with van der Waals surface area (Å²) in [6, 6.07) is 4.32. The monoisotopic (exact) mass is 289 g/mol. The van der Waals surface area contributed by atoms with Gasteiger partial charge in [0.25, 0.3) is 0 Å². The summed E-state index contributed by atoms with van der Waals surface area (Å²) in [6.07, 6.45) is -4.46. The van der Waals surface area contributed by atoms with E-state index < -0.39 is 17.2 Å². The van der Waals surface area contributed by atoms with E-state index in [2.05, 4.69) is 5.32 Å². The molecular weight excluding hydrogens is 280 g/mol. The number of thioether (sulfide) groups is 1. The summed E-state index contributed by atoms with van der Waals surface area (Å²) in [7, 11) is 0. The van der Waals surface area contributed by atoms with Crippen molar-refractivity contribution in [2.75, 3.05) is 17.6 Å². The van der Waals surface area contributed by atoms with Crippen LogP contribution in [0.15, 0.2) is 24.3 Å². The van der Waals surface area contributed by atoms with E-state index in [9.17, 15) is 26.3 Å². The van der Waals surface area contributed by atoms with Crippen LogP contribution in [0.5, 0.6) is 0 Å². The molecule has 0 aromatic heterocycles. The van der Waals surface area contributed by atoms with E-state index in [0.29, 0.717) is 0 Å². The molecule has 0 heterocycles. The maximum Gasteiger partial charge on any atom is 0.441 e. The first kappa shape index (κ1) is 15.0. The Kier molecular flexibility index (Phi) is 4.78. The molecule has 0 amide bonds. The molecule has 0 aliphatic heterocycles. The van der Waals surface area contributed by atoms with Crippen LogP contribution < -0.4 is 5.32 Å². The second kappa shape index (κ2) is 5.73. The Labute approximate surface area is 104 Å². The molecule has 0 bridgehead atoms. The van der Waals surface area contributed by atoms with Crippen LogP contribution in [0.3, 0.4) is 0 Å². The quantitative estimate of drug-likeness (QED) is 0.652. The number of rotatable bonds is 4. The predicted molar refractivity (Wildman–Crippen MR) is 58.4 cm³/mol. The highest BCUT2D eigenvalue weighted by atomic mass is 32.2. The average Bonchev–Trinajstić information content (AvgIpc) is 2.22. The average molecular weight is 289 g/mol. The lowest BCUT2D eigenvalue weighted by Crippen LogP contribution is -2.10. The molecular formula is C10H9F6NS. The molecule has 1 N–H and O–H groups in total. The largest absolute Gasteiger partial charge is 0.441 e. The fourth-order valence-electron chi connectivity index (χ4n) is 1.17. The number of alkyl halides is 6. The van der Waals surface area contributed by atoms with Gasteiger partial charge in [-0.3, -0.25) is 0 Å². The number of hydrogen-bond donors (Lipinski definition) is 1. The predicted octanol–water partition coefficient (Wildman–Crippen LogP) is 4.37. The minimum atomic E-state index is -4.46. The number of nitrogens with one attached hydrogen (secondary N) is 1. The van der Waals surface area contributed by atoms with E-state index in [-0.39, 0.29) is 29.7 Å². The Morgan fingerprint density at radius 1 is 1.06 bits per heavy atom. The zero-order valence-corrected chi connectivity index (χ0v) is 9.72. The maximum atomic E-state index is 12.3. The lowest BCUT2D eigenvalue weighted by atomic mass is 10.2. The topological polar surface area (TPSA) is 12.0 Å². The molecule has 0 radical (unpaired) electrons. The second-order valence-electron chi connectivity index (χ2n) is 3.30. The van der Waals surface area contributed by atoms with Crippen LogP contribution in [0, 0.1) is 0 Å². The molecule has 0 aliphatic rings. The van der Waals surface area contributed by atoms with Gasteiger partial charge in [-0.1, -0.05) is 6.07 Å². The zero-order valence-electron chi connectivity index (χ0n) is 8.90. The number of halogens is 6. The first-order valence-electron chi connectivity index (χ1n) is 4.80. The minimum Gasteiger partial charge on any atom is -0.384 e. The number of benzene rings is 1. The molecule has 102 valence electrons. The standard InChI is InChI=1S/C10H9F6NS/c11-9(12,13)7-2-1-3-8(6-7)17-4-5-18-10(14,15)16/h1-3,6,17H,4-5H2. The normalized spacial score (nSPS) is 12.6. The van der Waals surface area contributed by atoms with Gasteiger partial charge in [-0.05, 0) is 30.0 Å². The van der Waals surface area contributed by atoms with Gasteiger partial charge in [-0.2, -0.15) is 26.3 Å². The molecule has 1 aromatic rings. The van der Waals surface area contributed by atoms with E-state index in [1.807, 2.05) is 0 Å². The van der Waals surface area contributed by atoms with Gasteiger partial charge in [-0.25, -0.2) is 0 Å². The van der Waals surface area contributed by atoms with Crippen LogP contribution in [-0.2, 0) is 6.18 Å². The minimum absolute atomic E-state index is 0.0640. The Morgan fingerprint density at radius 3 is 2.28 bits per heavy atom. The van der Waals surface area contributed by atoms with Crippen LogP contribution in [0.25, 0.3) is 0 Å². The second-order valence-corrected chi connectivity index (χ2v) is 4.46. The van der Waals surface area contributed by atoms with Gasteiger partial charge in [0.1, 0.15) is 0 Å². The third-order valence-electron chi connectivity index (χ3n) is 1.89. The molecule has 0 atom stereocenters. The van der Waals surface area contributed by atoms with Gasteiger partial charge >= 0.3 is 11.7 Å². The summed E-state index contributed by atoms with van der Waals surface area (Å²) in [5.41, 5.74) is -5.02. The Balaban J connectivity index is 2.49. The Hall–Kier alpha value is -1.05. The number of hydrogen-bond acceptors (Lipinski definition) is 2. The third-order valence-corrected chi connectivity index (χ3v) is 2.62. The third kappa shape index (κ3) is 5.52. The van der Waals surface area contributed by atoms with E-state index in [1.54, 1.807) is 0 Å². The van der Waals surface area contributed by atoms with Crippen molar-refractivity contribution in [3.05, 3.63) is 29.8 Å². The van der Waals surface area contributed by atoms with E-state index in [0.717, 1.165) is 12.1 Å². The summed E-state index contributed by atoms with van der Waals surface area (Å²) in [6.45, 7) is -0.0640. The van der Waals surface area contributed by atoms with Gasteiger partial charge in [0.05, 0.1) is 5.56 Å². The van der Waals surface area contributed by atoms with Gasteiger partial charge in [0.2, 0.25) is 0 Å². The van der Waals surface area contributed by atoms with E-state index >= 15 is 0 Å². The molecule has 0 aliphatic carbocycles. The summed E-state index contributed by atoms with van der Waals surface area (Å²) in [4.78, 5) is 0. The van der Waals surface area contributed by atoms with Crippen molar-refractivity contribution in [1.82, 2.24) is 0 Å². The maximum absolute atomic E-state index is 12.3. The summed E-state index contributed by atoms with van der Waals surface area (Å²) in [5, 5.41) is 2.51. The fourth-order valence-corrected chi connectivity index (χ4v) is 1.60. The lowest BCUT2D eigenvalue weighted by Gasteiger charge is -2.11. The van der Waals surface area contributed by atoms with Gasteiger partial charge in [0.15, 0.2) is 0 Å². The summed E-state index contributed by atoms with van der Waals surface area (Å²) < 4.78 is 72.4. The Morgan fingerprint density at radius 2 is 1.72 bits per heavy atom. The first-order chi connectivity index (χ1) is 8.18. The molecule has 0 saturated carbocycles. The molecule has 0 fully saturated rings. The van der Waals surface area contributed by atoms with Crippen molar-refractivity contribution in [1.29, 1.82) is 0 Å². The molecule has 1 nitrogen and oxygen atoms in total. The van der Waals surface area contributed by atoms with Gasteiger partial charge in [-0.15, -0.1) is 0 Å². The molecule has 1 aromatic carbocycles. The van der Waals surface area contributed by atoms with Crippen LogP contribution in [0.4, 0.5) is 32.0 Å².